The predicted molar refractivity (Wildman–Crippen MR) is 73.3 cm³/mol. The maximum absolute atomic E-state index is 12.8. The lowest BCUT2D eigenvalue weighted by atomic mass is 10.0. The number of aryl methyl sites for hydroxylation is 1. The fourth-order valence-corrected chi connectivity index (χ4v) is 1.99. The summed E-state index contributed by atoms with van der Waals surface area (Å²) < 4.78 is 14.5. The zero-order valence-corrected chi connectivity index (χ0v) is 11.6. The van der Waals surface area contributed by atoms with Gasteiger partial charge < -0.3 is 10.4 Å². The Morgan fingerprint density at radius 2 is 2.05 bits per heavy atom. The summed E-state index contributed by atoms with van der Waals surface area (Å²) in [6.07, 6.45) is 1.65. The van der Waals surface area contributed by atoms with Crippen LogP contribution in [0.1, 0.15) is 30.7 Å². The summed E-state index contributed by atoms with van der Waals surface area (Å²) in [6, 6.07) is 6.05. The number of halogens is 1. The third-order valence-electron chi connectivity index (χ3n) is 3.27. The van der Waals surface area contributed by atoms with Gasteiger partial charge in [-0.2, -0.15) is 0 Å². The first kappa shape index (κ1) is 14.6. The van der Waals surface area contributed by atoms with Crippen LogP contribution in [0.15, 0.2) is 30.5 Å². The standard InChI is InChI=1S/C14H19FN4O/c1-10(16-8-13-9-17-18-19(13)2)7-14(20)11-3-5-12(15)6-4-11/h3-6,9-10,14,16,20H,7-8H2,1-2H3. The molecule has 1 heterocycles. The molecule has 0 spiro atoms. The summed E-state index contributed by atoms with van der Waals surface area (Å²) in [5.41, 5.74) is 1.70. The highest BCUT2D eigenvalue weighted by Gasteiger charge is 2.13. The Morgan fingerprint density at radius 1 is 1.35 bits per heavy atom. The van der Waals surface area contributed by atoms with Crippen LogP contribution in [-0.2, 0) is 13.6 Å². The number of hydrogen-bond donors (Lipinski definition) is 2. The zero-order valence-electron chi connectivity index (χ0n) is 11.6. The first-order chi connectivity index (χ1) is 9.56. The fraction of sp³-hybridized carbons (Fsp3) is 0.429. The van der Waals surface area contributed by atoms with Gasteiger partial charge in [-0.05, 0) is 31.0 Å². The molecular weight excluding hydrogens is 259 g/mol. The van der Waals surface area contributed by atoms with Crippen molar-refractivity contribution in [2.75, 3.05) is 0 Å². The summed E-state index contributed by atoms with van der Waals surface area (Å²) in [4.78, 5) is 0. The van der Waals surface area contributed by atoms with Gasteiger partial charge in [0.2, 0.25) is 0 Å². The number of hydrogen-bond acceptors (Lipinski definition) is 4. The molecule has 0 fully saturated rings. The molecule has 5 nitrogen and oxygen atoms in total. The number of benzene rings is 1. The van der Waals surface area contributed by atoms with E-state index in [1.807, 2.05) is 14.0 Å². The van der Waals surface area contributed by atoms with Crippen LogP contribution in [-0.4, -0.2) is 26.1 Å². The van der Waals surface area contributed by atoms with E-state index in [-0.39, 0.29) is 11.9 Å². The minimum Gasteiger partial charge on any atom is -0.388 e. The number of aromatic nitrogens is 3. The SMILES string of the molecule is CC(CC(O)c1ccc(F)cc1)NCc1cnnn1C. The number of aliphatic hydroxyl groups is 1. The third kappa shape index (κ3) is 3.85. The summed E-state index contributed by atoms with van der Waals surface area (Å²) >= 11 is 0. The van der Waals surface area contributed by atoms with Crippen LogP contribution >= 0.6 is 0 Å². The highest BCUT2D eigenvalue weighted by Crippen LogP contribution is 2.18. The number of rotatable bonds is 6. The Kier molecular flexibility index (Phi) is 4.81. The molecule has 6 heteroatoms. The van der Waals surface area contributed by atoms with Gasteiger partial charge in [0, 0.05) is 19.6 Å². The van der Waals surface area contributed by atoms with Gasteiger partial charge in [0.25, 0.3) is 0 Å². The second-order valence-electron chi connectivity index (χ2n) is 4.93. The lowest BCUT2D eigenvalue weighted by molar-refractivity contribution is 0.153. The van der Waals surface area contributed by atoms with E-state index in [2.05, 4.69) is 15.6 Å². The lowest BCUT2D eigenvalue weighted by Gasteiger charge is -2.18. The van der Waals surface area contributed by atoms with Gasteiger partial charge in [0.05, 0.1) is 18.0 Å². The van der Waals surface area contributed by atoms with E-state index in [4.69, 9.17) is 0 Å². The molecule has 1 aromatic carbocycles. The molecule has 108 valence electrons. The Bertz CT molecular complexity index is 540. The number of nitrogens with one attached hydrogen (secondary N) is 1. The highest BCUT2D eigenvalue weighted by molar-refractivity contribution is 5.18. The van der Waals surface area contributed by atoms with Crippen molar-refractivity contribution in [3.63, 3.8) is 0 Å². The minimum absolute atomic E-state index is 0.116. The Labute approximate surface area is 117 Å². The molecule has 1 aromatic heterocycles. The molecule has 20 heavy (non-hydrogen) atoms. The first-order valence-electron chi connectivity index (χ1n) is 6.56. The molecule has 2 rings (SSSR count). The van der Waals surface area contributed by atoms with Crippen molar-refractivity contribution < 1.29 is 9.50 Å². The molecule has 2 unspecified atom stereocenters. The molecule has 0 aliphatic rings. The molecule has 0 radical (unpaired) electrons. The van der Waals surface area contributed by atoms with Crippen LogP contribution in [0.4, 0.5) is 4.39 Å². The van der Waals surface area contributed by atoms with Crippen LogP contribution in [0, 0.1) is 5.82 Å². The van der Waals surface area contributed by atoms with E-state index >= 15 is 0 Å². The topological polar surface area (TPSA) is 63.0 Å². The second-order valence-corrected chi connectivity index (χ2v) is 4.93. The maximum Gasteiger partial charge on any atom is 0.123 e. The average Bonchev–Trinajstić information content (AvgIpc) is 2.82. The van der Waals surface area contributed by atoms with E-state index in [0.29, 0.717) is 13.0 Å². The van der Waals surface area contributed by atoms with Crippen molar-refractivity contribution >= 4 is 0 Å². The second kappa shape index (κ2) is 6.58. The maximum atomic E-state index is 12.8. The van der Waals surface area contributed by atoms with Crippen molar-refractivity contribution in [2.45, 2.75) is 32.0 Å². The minimum atomic E-state index is -0.609. The van der Waals surface area contributed by atoms with Gasteiger partial charge in [-0.25, -0.2) is 4.39 Å². The molecule has 0 saturated heterocycles. The van der Waals surface area contributed by atoms with E-state index in [0.717, 1.165) is 11.3 Å². The van der Waals surface area contributed by atoms with Gasteiger partial charge in [-0.3, -0.25) is 4.68 Å². The number of nitrogens with zero attached hydrogens (tertiary/aromatic N) is 3. The van der Waals surface area contributed by atoms with Crippen molar-refractivity contribution in [1.82, 2.24) is 20.3 Å². The quantitative estimate of drug-likeness (QED) is 0.841. The van der Waals surface area contributed by atoms with Crippen molar-refractivity contribution in [3.8, 4) is 0 Å². The molecule has 0 amide bonds. The van der Waals surface area contributed by atoms with Crippen LogP contribution in [0.2, 0.25) is 0 Å². The van der Waals surface area contributed by atoms with E-state index in [9.17, 15) is 9.50 Å². The smallest absolute Gasteiger partial charge is 0.123 e. The highest BCUT2D eigenvalue weighted by atomic mass is 19.1. The molecule has 0 saturated carbocycles. The van der Waals surface area contributed by atoms with Gasteiger partial charge in [-0.15, -0.1) is 5.10 Å². The first-order valence-corrected chi connectivity index (χ1v) is 6.56. The summed E-state index contributed by atoms with van der Waals surface area (Å²) in [6.45, 7) is 2.64. The van der Waals surface area contributed by atoms with Crippen LogP contribution in [0.25, 0.3) is 0 Å². The lowest BCUT2D eigenvalue weighted by Crippen LogP contribution is -2.28. The molecule has 0 aliphatic heterocycles. The van der Waals surface area contributed by atoms with Crippen molar-refractivity contribution in [1.29, 1.82) is 0 Å². The van der Waals surface area contributed by atoms with Gasteiger partial charge in [-0.1, -0.05) is 17.3 Å². The van der Waals surface area contributed by atoms with E-state index in [1.54, 1.807) is 23.0 Å². The summed E-state index contributed by atoms with van der Waals surface area (Å²) in [7, 11) is 1.84. The van der Waals surface area contributed by atoms with Gasteiger partial charge >= 0.3 is 0 Å². The van der Waals surface area contributed by atoms with Crippen molar-refractivity contribution in [3.05, 3.63) is 47.5 Å². The third-order valence-corrected chi connectivity index (χ3v) is 3.27. The molecule has 2 aromatic rings. The number of aliphatic hydroxyl groups excluding tert-OH is 1. The molecule has 0 bridgehead atoms. The van der Waals surface area contributed by atoms with Crippen LogP contribution in [0.3, 0.4) is 0 Å². The normalized spacial score (nSPS) is 14.2. The fourth-order valence-electron chi connectivity index (χ4n) is 1.99. The monoisotopic (exact) mass is 278 g/mol. The van der Waals surface area contributed by atoms with Gasteiger partial charge in [0.15, 0.2) is 0 Å². The van der Waals surface area contributed by atoms with Gasteiger partial charge in [0.1, 0.15) is 5.82 Å². The Balaban J connectivity index is 1.83. The van der Waals surface area contributed by atoms with E-state index < -0.39 is 6.10 Å². The Morgan fingerprint density at radius 3 is 2.65 bits per heavy atom. The summed E-state index contributed by atoms with van der Waals surface area (Å²) in [5.74, 6) is -0.296. The van der Waals surface area contributed by atoms with Crippen LogP contribution in [0.5, 0.6) is 0 Å². The average molecular weight is 278 g/mol. The molecular formula is C14H19FN4O. The molecule has 0 aliphatic carbocycles. The summed E-state index contributed by atoms with van der Waals surface area (Å²) in [5, 5.41) is 21.1. The van der Waals surface area contributed by atoms with Crippen LogP contribution < -0.4 is 5.32 Å². The largest absolute Gasteiger partial charge is 0.388 e. The molecule has 2 N–H and O–H groups in total. The van der Waals surface area contributed by atoms with E-state index in [1.165, 1.54) is 12.1 Å². The Hall–Kier alpha value is -1.79. The molecule has 2 atom stereocenters. The predicted octanol–water partition coefficient (Wildman–Crippen LogP) is 1.56. The zero-order chi connectivity index (χ0) is 14.5. The van der Waals surface area contributed by atoms with Crippen molar-refractivity contribution in [2.24, 2.45) is 7.05 Å².